The molecule has 6 rings (SSSR count). The number of carbonyl (C=O) groups excluding carboxylic acids is 1. The van der Waals surface area contributed by atoms with Gasteiger partial charge in [0.05, 0.1) is 24.9 Å². The Hall–Kier alpha value is -3.63. The van der Waals surface area contributed by atoms with E-state index in [1.54, 1.807) is 30.5 Å². The number of ketones is 1. The Labute approximate surface area is 319 Å². The molecule has 2 aromatic carbocycles. The van der Waals surface area contributed by atoms with E-state index in [0.29, 0.717) is 27.6 Å². The predicted octanol–water partition coefficient (Wildman–Crippen LogP) is 7.18. The largest absolute Gasteiger partial charge is 0.491 e. The van der Waals surface area contributed by atoms with Gasteiger partial charge >= 0.3 is 5.97 Å². The summed E-state index contributed by atoms with van der Waals surface area (Å²) in [5.41, 5.74) is 3.42. The number of para-hydroxylation sites is 1. The minimum Gasteiger partial charge on any atom is -0.491 e. The highest BCUT2D eigenvalue weighted by molar-refractivity contribution is 14.1. The lowest BCUT2D eigenvalue weighted by molar-refractivity contribution is -0.137. The zero-order valence-corrected chi connectivity index (χ0v) is 32.5. The molecule has 3 aromatic heterocycles. The molecule has 51 heavy (non-hydrogen) atoms. The third kappa shape index (κ3) is 8.22. The average Bonchev–Trinajstić information content (AvgIpc) is 3.72. The van der Waals surface area contributed by atoms with E-state index in [2.05, 4.69) is 61.4 Å². The van der Waals surface area contributed by atoms with Gasteiger partial charge in [0.2, 0.25) is 0 Å². The number of hydrogen-bond acceptors (Lipinski definition) is 10. The topological polar surface area (TPSA) is 123 Å². The van der Waals surface area contributed by atoms with Crippen LogP contribution >= 0.6 is 45.5 Å². The van der Waals surface area contributed by atoms with Crippen LogP contribution in [0.1, 0.15) is 53.0 Å². The van der Waals surface area contributed by atoms with Crippen LogP contribution in [0, 0.1) is 9.81 Å². The number of halogens is 2. The number of carbonyl (C=O) groups is 2. The molecule has 0 spiro atoms. The fraction of sp³-hybridized carbons (Fsp3) is 0.378. The maximum atomic E-state index is 14.3. The molecule has 0 radical (unpaired) electrons. The number of unbranched alkanes of at least 4 members (excludes halogenated alkanes) is 1. The van der Waals surface area contributed by atoms with E-state index in [-0.39, 0.29) is 23.6 Å². The van der Waals surface area contributed by atoms with E-state index in [4.69, 9.17) is 21.1 Å². The lowest BCUT2D eigenvalue weighted by Gasteiger charge is -2.32. The lowest BCUT2D eigenvalue weighted by Crippen LogP contribution is -2.45. The van der Waals surface area contributed by atoms with Gasteiger partial charge in [-0.05, 0) is 78.4 Å². The molecule has 1 atom stereocenters. The second-order valence-corrected chi connectivity index (χ2v) is 15.7. The summed E-state index contributed by atoms with van der Waals surface area (Å²) in [6.07, 6.45) is 5.03. The molecule has 268 valence electrons. The van der Waals surface area contributed by atoms with Crippen molar-refractivity contribution in [1.82, 2.24) is 29.5 Å². The van der Waals surface area contributed by atoms with Gasteiger partial charge in [0.25, 0.3) is 0 Å². The highest BCUT2D eigenvalue weighted by Gasteiger charge is 2.36. The van der Waals surface area contributed by atoms with Crippen LogP contribution in [-0.2, 0) is 17.9 Å². The normalized spacial score (nSPS) is 14.5. The van der Waals surface area contributed by atoms with E-state index in [9.17, 15) is 14.7 Å². The summed E-state index contributed by atoms with van der Waals surface area (Å²) in [4.78, 5) is 41.5. The van der Waals surface area contributed by atoms with Crippen molar-refractivity contribution in [1.29, 1.82) is 0 Å². The molecular formula is C37H40ClIN6O5S. The first-order chi connectivity index (χ1) is 24.7. The zero-order chi connectivity index (χ0) is 36.1. The molecule has 1 saturated heterocycles. The number of carboxylic acids is 1. The number of aryl methyl sites for hydroxylation is 1. The predicted molar refractivity (Wildman–Crippen MR) is 207 cm³/mol. The van der Waals surface area contributed by atoms with Gasteiger partial charge in [0.1, 0.15) is 35.9 Å². The van der Waals surface area contributed by atoms with Crippen LogP contribution in [0.25, 0.3) is 21.3 Å². The Morgan fingerprint density at radius 3 is 2.59 bits per heavy atom. The van der Waals surface area contributed by atoms with Gasteiger partial charge in [-0.1, -0.05) is 43.1 Å². The van der Waals surface area contributed by atoms with Crippen molar-refractivity contribution in [3.05, 3.63) is 85.4 Å². The number of nitrogens with zero attached hydrogens (tertiary/aromatic N) is 6. The lowest BCUT2D eigenvalue weighted by atomic mass is 9.90. The molecule has 4 heterocycles. The van der Waals surface area contributed by atoms with E-state index < -0.39 is 17.7 Å². The number of Topliss-reactive ketones (excluding diaryl/α,β-unsaturated/α-hetero) is 1. The fourth-order valence-corrected chi connectivity index (χ4v) is 8.53. The molecule has 14 heteroatoms. The summed E-state index contributed by atoms with van der Waals surface area (Å²) < 4.78 is 15.0. The van der Waals surface area contributed by atoms with Crippen LogP contribution in [-0.4, -0.2) is 92.8 Å². The third-order valence-electron chi connectivity index (χ3n) is 9.19. The van der Waals surface area contributed by atoms with Crippen molar-refractivity contribution in [2.45, 2.75) is 45.8 Å². The first kappa shape index (κ1) is 37.1. The molecule has 0 saturated carbocycles. The zero-order valence-electron chi connectivity index (χ0n) is 28.8. The molecule has 0 amide bonds. The van der Waals surface area contributed by atoms with Crippen molar-refractivity contribution >= 4 is 67.5 Å². The van der Waals surface area contributed by atoms with E-state index >= 15 is 0 Å². The molecule has 5 aromatic rings. The molecule has 11 nitrogen and oxygen atoms in total. The third-order valence-corrected chi connectivity index (χ3v) is 11.8. The van der Waals surface area contributed by atoms with Crippen LogP contribution in [0.2, 0.25) is 5.02 Å². The molecule has 0 aliphatic carbocycles. The van der Waals surface area contributed by atoms with Crippen molar-refractivity contribution in [2.75, 3.05) is 46.4 Å². The standard InChI is InChI=1S/C37H40ClIN6O5S/c1-4-5-14-45-24(12-13-42-45)21-50-27-9-7-6-8-26(27)34(46)31(37(47)48)33-30-29(35(39)51-36(30)41-22-40-33)25-10-11-28(32(38)23(25)2)49-20-19-44-17-15-43(3)16-18-44/h6-13,22,31H,4-5,14-21H2,1-3H3,(H,47,48)/t31-/m1/s1. The maximum absolute atomic E-state index is 14.3. The Kier molecular flexibility index (Phi) is 12.2. The number of benzene rings is 2. The maximum Gasteiger partial charge on any atom is 0.320 e. The monoisotopic (exact) mass is 842 g/mol. The smallest absolute Gasteiger partial charge is 0.320 e. The summed E-state index contributed by atoms with van der Waals surface area (Å²) in [6.45, 7) is 10.4. The number of ether oxygens (including phenoxy) is 2. The molecular weight excluding hydrogens is 803 g/mol. The summed E-state index contributed by atoms with van der Waals surface area (Å²) in [5.74, 6) is -2.70. The second-order valence-electron chi connectivity index (χ2n) is 12.6. The second kappa shape index (κ2) is 16.8. The summed E-state index contributed by atoms with van der Waals surface area (Å²) in [5, 5.41) is 16.0. The number of hydrogen-bond donors (Lipinski definition) is 1. The first-order valence-corrected chi connectivity index (χ1v) is 19.2. The number of carboxylic acid groups (broad SMARTS) is 1. The van der Waals surface area contributed by atoms with Crippen LogP contribution < -0.4 is 9.47 Å². The molecule has 1 N–H and O–H groups in total. The fourth-order valence-electron chi connectivity index (χ4n) is 6.24. The Balaban J connectivity index is 1.30. The van der Waals surface area contributed by atoms with Gasteiger partial charge in [-0.25, -0.2) is 9.97 Å². The highest BCUT2D eigenvalue weighted by atomic mass is 127. The quantitative estimate of drug-likeness (QED) is 0.0660. The first-order valence-electron chi connectivity index (χ1n) is 16.9. The van der Waals surface area contributed by atoms with Gasteiger partial charge in [-0.3, -0.25) is 19.2 Å². The van der Waals surface area contributed by atoms with E-state index in [1.165, 1.54) is 17.7 Å². The minimum absolute atomic E-state index is 0.113. The molecule has 1 aliphatic rings. The minimum atomic E-state index is -1.62. The molecule has 1 aliphatic heterocycles. The van der Waals surface area contributed by atoms with Crippen LogP contribution in [0.5, 0.6) is 11.5 Å². The van der Waals surface area contributed by atoms with Crippen LogP contribution in [0.15, 0.2) is 55.0 Å². The highest BCUT2D eigenvalue weighted by Crippen LogP contribution is 2.45. The van der Waals surface area contributed by atoms with E-state index in [0.717, 1.165) is 77.4 Å². The van der Waals surface area contributed by atoms with Crippen LogP contribution in [0.4, 0.5) is 0 Å². The number of fused-ring (bicyclic) bond motifs is 1. The molecule has 0 unspecified atom stereocenters. The van der Waals surface area contributed by atoms with Gasteiger partial charge in [0, 0.05) is 56.4 Å². The Bertz CT molecular complexity index is 2030. The molecule has 0 bridgehead atoms. The van der Waals surface area contributed by atoms with Crippen molar-refractivity contribution in [2.24, 2.45) is 0 Å². The number of aliphatic carboxylic acids is 1. The molecule has 1 fully saturated rings. The van der Waals surface area contributed by atoms with Gasteiger partial charge in [-0.2, -0.15) is 5.10 Å². The van der Waals surface area contributed by atoms with Crippen molar-refractivity contribution in [3.8, 4) is 22.6 Å². The van der Waals surface area contributed by atoms with Gasteiger partial charge in [-0.15, -0.1) is 11.3 Å². The Morgan fingerprint density at radius 2 is 1.82 bits per heavy atom. The van der Waals surface area contributed by atoms with Crippen molar-refractivity contribution < 1.29 is 24.2 Å². The van der Waals surface area contributed by atoms with Gasteiger partial charge < -0.3 is 19.5 Å². The average molecular weight is 843 g/mol. The number of rotatable bonds is 15. The Morgan fingerprint density at radius 1 is 1.04 bits per heavy atom. The van der Waals surface area contributed by atoms with Gasteiger partial charge in [0.15, 0.2) is 11.7 Å². The number of thiophene rings is 1. The number of aromatic nitrogens is 4. The number of piperazine rings is 1. The SMILES string of the molecule is CCCCn1nccc1COc1ccccc1C(=O)[C@H](C(=O)O)c1ncnc2sc(I)c(-c3ccc(OCCN4CCN(C)CC4)c(Cl)c3C)c12. The summed E-state index contributed by atoms with van der Waals surface area (Å²) in [7, 11) is 2.13. The summed E-state index contributed by atoms with van der Waals surface area (Å²) >= 11 is 10.6. The van der Waals surface area contributed by atoms with Crippen molar-refractivity contribution in [3.63, 3.8) is 0 Å². The number of likely N-dealkylation sites (N-methyl/N-ethyl adjacent to an activating group) is 1. The summed E-state index contributed by atoms with van der Waals surface area (Å²) in [6, 6.07) is 12.4. The van der Waals surface area contributed by atoms with Crippen LogP contribution in [0.3, 0.4) is 0 Å². The van der Waals surface area contributed by atoms with E-state index in [1.807, 2.05) is 29.8 Å².